The summed E-state index contributed by atoms with van der Waals surface area (Å²) in [5, 5.41) is 9.04. The predicted molar refractivity (Wildman–Crippen MR) is 141 cm³/mol. The van der Waals surface area contributed by atoms with Gasteiger partial charge in [-0.15, -0.1) is 0 Å². The van der Waals surface area contributed by atoms with Gasteiger partial charge in [-0.3, -0.25) is 19.8 Å². The van der Waals surface area contributed by atoms with Gasteiger partial charge in [0.25, 0.3) is 11.8 Å². The van der Waals surface area contributed by atoms with Crippen LogP contribution in [0.3, 0.4) is 0 Å². The molecule has 2 amide bonds. The lowest BCUT2D eigenvalue weighted by Crippen LogP contribution is -2.36. The fraction of sp³-hybridized carbons (Fsp3) is 0.241. The smallest absolute Gasteiger partial charge is 0.260 e. The van der Waals surface area contributed by atoms with Gasteiger partial charge in [0.1, 0.15) is 0 Å². The lowest BCUT2D eigenvalue weighted by Gasteiger charge is -2.26. The molecule has 1 fully saturated rings. The van der Waals surface area contributed by atoms with E-state index in [1.165, 1.54) is 37.9 Å². The number of hydrogen-bond donors (Lipinski definition) is 3. The normalized spacial score (nSPS) is 17.1. The summed E-state index contributed by atoms with van der Waals surface area (Å²) in [6.07, 6.45) is 5.57. The number of nitrogens with zero attached hydrogens (tertiary/aromatic N) is 1. The summed E-state index contributed by atoms with van der Waals surface area (Å²) in [6, 6.07) is 21.8. The maximum Gasteiger partial charge on any atom is 0.260 e. The number of piperidine rings is 1. The number of carbonyl (C=O) groups is 2. The number of amides is 2. The highest BCUT2D eigenvalue weighted by atomic mass is 16.2. The molecule has 0 aliphatic carbocycles. The second-order valence-electron chi connectivity index (χ2n) is 9.27. The van der Waals surface area contributed by atoms with Crippen LogP contribution in [0.25, 0.3) is 5.57 Å². The van der Waals surface area contributed by atoms with Crippen LogP contribution in [0, 0.1) is 6.92 Å². The van der Waals surface area contributed by atoms with Crippen molar-refractivity contribution in [3.05, 3.63) is 95.2 Å². The van der Waals surface area contributed by atoms with Gasteiger partial charge in [-0.2, -0.15) is 0 Å². The summed E-state index contributed by atoms with van der Waals surface area (Å²) in [7, 11) is 0. The number of rotatable bonds is 6. The van der Waals surface area contributed by atoms with Crippen LogP contribution in [0.15, 0.2) is 72.9 Å². The van der Waals surface area contributed by atoms with Crippen molar-refractivity contribution in [2.24, 2.45) is 0 Å². The van der Waals surface area contributed by atoms with E-state index in [1.807, 2.05) is 55.5 Å². The van der Waals surface area contributed by atoms with Crippen molar-refractivity contribution >= 4 is 34.4 Å². The Morgan fingerprint density at radius 3 is 2.34 bits per heavy atom. The van der Waals surface area contributed by atoms with Crippen LogP contribution in [0.4, 0.5) is 17.1 Å². The Bertz CT molecular complexity index is 1270. The Kier molecular flexibility index (Phi) is 6.64. The molecule has 3 aromatic carbocycles. The van der Waals surface area contributed by atoms with E-state index in [0.717, 1.165) is 29.2 Å². The van der Waals surface area contributed by atoms with Crippen molar-refractivity contribution in [3.8, 4) is 0 Å². The zero-order valence-corrected chi connectivity index (χ0v) is 19.9. The highest BCUT2D eigenvalue weighted by Crippen LogP contribution is 2.29. The number of carbonyl (C=O) groups excluding carboxylic acids is 2. The molecule has 35 heavy (non-hydrogen) atoms. The van der Waals surface area contributed by atoms with Gasteiger partial charge in [-0.25, -0.2) is 0 Å². The van der Waals surface area contributed by atoms with Gasteiger partial charge in [0.05, 0.1) is 5.57 Å². The Morgan fingerprint density at radius 2 is 1.57 bits per heavy atom. The van der Waals surface area contributed by atoms with Crippen LogP contribution < -0.4 is 16.0 Å². The summed E-state index contributed by atoms with van der Waals surface area (Å²) >= 11 is 0. The van der Waals surface area contributed by atoms with Crippen LogP contribution in [-0.4, -0.2) is 29.8 Å². The average molecular weight is 467 g/mol. The third-order valence-electron chi connectivity index (χ3n) is 6.52. The number of likely N-dealkylation sites (tertiary alicyclic amines) is 1. The van der Waals surface area contributed by atoms with E-state index >= 15 is 0 Å². The van der Waals surface area contributed by atoms with E-state index in [9.17, 15) is 9.59 Å². The molecule has 0 radical (unpaired) electrons. The molecule has 0 saturated carbocycles. The molecule has 3 N–H and O–H groups in total. The SMILES string of the molecule is Cc1cccc(Nc2ccc3c(c2)/C(=C/Nc2ccc(CN4CCCCC4)cc2)C(=O)NC3=O)c1. The van der Waals surface area contributed by atoms with Crippen molar-refractivity contribution in [2.45, 2.75) is 32.7 Å². The van der Waals surface area contributed by atoms with Gasteiger partial charge in [0.15, 0.2) is 0 Å². The maximum atomic E-state index is 12.7. The largest absolute Gasteiger partial charge is 0.361 e. The molecule has 2 heterocycles. The average Bonchev–Trinajstić information content (AvgIpc) is 2.85. The fourth-order valence-corrected chi connectivity index (χ4v) is 4.67. The molecule has 0 atom stereocenters. The summed E-state index contributed by atoms with van der Waals surface area (Å²) in [6.45, 7) is 5.34. The fourth-order valence-electron chi connectivity index (χ4n) is 4.67. The van der Waals surface area contributed by atoms with Gasteiger partial charge in [-0.1, -0.05) is 30.7 Å². The lowest BCUT2D eigenvalue weighted by atomic mass is 9.94. The van der Waals surface area contributed by atoms with Crippen molar-refractivity contribution < 1.29 is 9.59 Å². The minimum atomic E-state index is -0.413. The first kappa shape index (κ1) is 22.9. The number of nitrogens with one attached hydrogen (secondary N) is 3. The maximum absolute atomic E-state index is 12.7. The standard InChI is InChI=1S/C29H30N4O2/c1-20-6-5-7-23(16-20)31-24-12-13-25-26(17-24)27(29(35)32-28(25)34)18-30-22-10-8-21(9-11-22)19-33-14-3-2-4-15-33/h5-13,16-18,30-31H,2-4,14-15,19H2,1H3,(H,32,34,35)/b27-18-. The topological polar surface area (TPSA) is 73.5 Å². The number of benzene rings is 3. The van der Waals surface area contributed by atoms with E-state index < -0.39 is 5.91 Å². The van der Waals surface area contributed by atoms with Gasteiger partial charge in [-0.05, 0) is 86.4 Å². The first-order valence-electron chi connectivity index (χ1n) is 12.2. The number of aryl methyl sites for hydroxylation is 1. The summed E-state index contributed by atoms with van der Waals surface area (Å²) in [5.74, 6) is -0.796. The quantitative estimate of drug-likeness (QED) is 0.333. The third-order valence-corrected chi connectivity index (χ3v) is 6.52. The van der Waals surface area contributed by atoms with Gasteiger partial charge >= 0.3 is 0 Å². The summed E-state index contributed by atoms with van der Waals surface area (Å²) in [4.78, 5) is 27.6. The molecular weight excluding hydrogens is 436 g/mol. The molecule has 3 aromatic rings. The van der Waals surface area contributed by atoms with Crippen LogP contribution in [0.1, 0.15) is 46.3 Å². The molecule has 2 aliphatic rings. The third kappa shape index (κ3) is 5.44. The van der Waals surface area contributed by atoms with E-state index in [0.29, 0.717) is 16.7 Å². The summed E-state index contributed by atoms with van der Waals surface area (Å²) in [5.41, 5.74) is 6.58. The van der Waals surface area contributed by atoms with Crippen molar-refractivity contribution in [2.75, 3.05) is 23.7 Å². The summed E-state index contributed by atoms with van der Waals surface area (Å²) < 4.78 is 0. The number of fused-ring (bicyclic) bond motifs is 1. The molecule has 5 rings (SSSR count). The predicted octanol–water partition coefficient (Wildman–Crippen LogP) is 5.45. The highest BCUT2D eigenvalue weighted by molar-refractivity contribution is 6.31. The molecule has 0 unspecified atom stereocenters. The van der Waals surface area contributed by atoms with Crippen molar-refractivity contribution in [1.82, 2.24) is 10.2 Å². The van der Waals surface area contributed by atoms with E-state index in [1.54, 1.807) is 12.3 Å². The molecule has 1 saturated heterocycles. The first-order valence-corrected chi connectivity index (χ1v) is 12.2. The van der Waals surface area contributed by atoms with Crippen LogP contribution in [0.5, 0.6) is 0 Å². The van der Waals surface area contributed by atoms with E-state index in [4.69, 9.17) is 0 Å². The molecule has 6 nitrogen and oxygen atoms in total. The van der Waals surface area contributed by atoms with Crippen molar-refractivity contribution in [1.29, 1.82) is 0 Å². The van der Waals surface area contributed by atoms with Crippen LogP contribution in [-0.2, 0) is 11.3 Å². The Balaban J connectivity index is 1.34. The minimum Gasteiger partial charge on any atom is -0.361 e. The Morgan fingerprint density at radius 1 is 0.829 bits per heavy atom. The first-order chi connectivity index (χ1) is 17.0. The molecule has 178 valence electrons. The second-order valence-corrected chi connectivity index (χ2v) is 9.27. The lowest BCUT2D eigenvalue weighted by molar-refractivity contribution is -0.114. The van der Waals surface area contributed by atoms with E-state index in [2.05, 4.69) is 33.0 Å². The number of anilines is 3. The highest BCUT2D eigenvalue weighted by Gasteiger charge is 2.27. The Labute approximate surface area is 206 Å². The number of imide groups is 1. The van der Waals surface area contributed by atoms with Crippen molar-refractivity contribution in [3.63, 3.8) is 0 Å². The van der Waals surface area contributed by atoms with Gasteiger partial charge < -0.3 is 10.6 Å². The number of hydrogen-bond acceptors (Lipinski definition) is 5. The zero-order chi connectivity index (χ0) is 24.2. The second kappa shape index (κ2) is 10.2. The van der Waals surface area contributed by atoms with Crippen LogP contribution >= 0.6 is 0 Å². The van der Waals surface area contributed by atoms with Gasteiger partial charge in [0, 0.05) is 40.9 Å². The molecular formula is C29H30N4O2. The molecule has 6 heteroatoms. The van der Waals surface area contributed by atoms with Crippen LogP contribution in [0.2, 0.25) is 0 Å². The van der Waals surface area contributed by atoms with Gasteiger partial charge in [0.2, 0.25) is 0 Å². The Hall–Kier alpha value is -3.90. The zero-order valence-electron chi connectivity index (χ0n) is 19.9. The molecule has 0 spiro atoms. The van der Waals surface area contributed by atoms with E-state index in [-0.39, 0.29) is 5.91 Å². The monoisotopic (exact) mass is 466 g/mol. The molecule has 0 aromatic heterocycles. The minimum absolute atomic E-state index is 0.383. The molecule has 2 aliphatic heterocycles. The molecule has 0 bridgehead atoms.